The molecule has 24 heavy (non-hydrogen) atoms. The molecule has 0 amide bonds. The molecule has 0 fully saturated rings. The second kappa shape index (κ2) is 6.07. The second-order valence-electron chi connectivity index (χ2n) is 5.24. The minimum Gasteiger partial charge on any atom is -0.465 e. The van der Waals surface area contributed by atoms with E-state index in [0.717, 1.165) is 16.4 Å². The number of carbonyl (C=O) groups is 1. The molecule has 3 rings (SSSR count). The molecule has 0 saturated heterocycles. The van der Waals surface area contributed by atoms with Gasteiger partial charge in [-0.15, -0.1) is 0 Å². The van der Waals surface area contributed by atoms with Crippen molar-refractivity contribution < 1.29 is 22.3 Å². The van der Waals surface area contributed by atoms with E-state index >= 15 is 0 Å². The van der Waals surface area contributed by atoms with Gasteiger partial charge in [0.15, 0.2) is 0 Å². The molecule has 2 aromatic rings. The highest BCUT2D eigenvalue weighted by atomic mass is 35.5. The number of ether oxygens (including phenoxy) is 1. The van der Waals surface area contributed by atoms with Gasteiger partial charge in [-0.25, -0.2) is 17.6 Å². The lowest BCUT2D eigenvalue weighted by molar-refractivity contribution is 0.0600. The molecule has 0 aliphatic carbocycles. The number of rotatable bonds is 3. The van der Waals surface area contributed by atoms with Crippen molar-refractivity contribution in [1.29, 1.82) is 0 Å². The fraction of sp³-hybridized carbons (Fsp3) is 0.188. The maximum absolute atomic E-state index is 14.0. The molecule has 5 nitrogen and oxygen atoms in total. The first-order valence-electron chi connectivity index (χ1n) is 7.03. The van der Waals surface area contributed by atoms with Crippen LogP contribution in [0.15, 0.2) is 41.3 Å². The van der Waals surface area contributed by atoms with E-state index in [4.69, 9.17) is 11.6 Å². The van der Waals surface area contributed by atoms with Crippen LogP contribution in [0.5, 0.6) is 0 Å². The minimum atomic E-state index is -4.05. The van der Waals surface area contributed by atoms with E-state index < -0.39 is 26.7 Å². The van der Waals surface area contributed by atoms with Crippen molar-refractivity contribution in [3.8, 4) is 0 Å². The Labute approximate surface area is 143 Å². The average Bonchev–Trinajstić information content (AvgIpc) is 2.97. The van der Waals surface area contributed by atoms with Crippen molar-refractivity contribution in [1.82, 2.24) is 0 Å². The monoisotopic (exact) mass is 369 g/mol. The van der Waals surface area contributed by atoms with Crippen LogP contribution in [0.25, 0.3) is 0 Å². The van der Waals surface area contributed by atoms with Gasteiger partial charge < -0.3 is 4.74 Å². The maximum Gasteiger partial charge on any atom is 0.337 e. The van der Waals surface area contributed by atoms with Crippen molar-refractivity contribution in [2.24, 2.45) is 0 Å². The lowest BCUT2D eigenvalue weighted by Gasteiger charge is -2.20. The van der Waals surface area contributed by atoms with Crippen LogP contribution in [0.2, 0.25) is 5.02 Å². The SMILES string of the molecule is COC(=O)c1ccc2c(c1)CCN2S(=O)(=O)c1ccc(Cl)cc1F. The summed E-state index contributed by atoms with van der Waals surface area (Å²) < 4.78 is 45.3. The van der Waals surface area contributed by atoms with Crippen molar-refractivity contribution >= 4 is 33.3 Å². The maximum atomic E-state index is 14.0. The van der Waals surface area contributed by atoms with Crippen LogP contribution in [0.3, 0.4) is 0 Å². The molecule has 0 spiro atoms. The van der Waals surface area contributed by atoms with Gasteiger partial charge >= 0.3 is 5.97 Å². The van der Waals surface area contributed by atoms with E-state index in [9.17, 15) is 17.6 Å². The molecule has 2 aromatic carbocycles. The standard InChI is InChI=1S/C16H13ClFNO4S/c1-23-16(20)11-2-4-14-10(8-11)6-7-19(14)24(21,22)15-5-3-12(17)9-13(15)18/h2-5,8-9H,6-7H2,1H3. The number of hydrogen-bond donors (Lipinski definition) is 0. The highest BCUT2D eigenvalue weighted by Gasteiger charge is 2.33. The van der Waals surface area contributed by atoms with Crippen LogP contribution in [0, 0.1) is 5.82 Å². The molecule has 0 N–H and O–H groups in total. The first-order valence-corrected chi connectivity index (χ1v) is 8.85. The van der Waals surface area contributed by atoms with Gasteiger partial charge in [0.05, 0.1) is 18.4 Å². The Morgan fingerprint density at radius 3 is 2.67 bits per heavy atom. The molecule has 0 saturated carbocycles. The summed E-state index contributed by atoms with van der Waals surface area (Å²) in [5.41, 5.74) is 1.46. The summed E-state index contributed by atoms with van der Waals surface area (Å²) in [4.78, 5) is 11.1. The number of benzene rings is 2. The van der Waals surface area contributed by atoms with Gasteiger partial charge in [0, 0.05) is 11.6 Å². The van der Waals surface area contributed by atoms with Crippen LogP contribution >= 0.6 is 11.6 Å². The summed E-state index contributed by atoms with van der Waals surface area (Å²) in [6.07, 6.45) is 0.425. The normalized spacial score (nSPS) is 13.7. The number of methoxy groups -OCH3 is 1. The number of hydrogen-bond acceptors (Lipinski definition) is 4. The number of fused-ring (bicyclic) bond motifs is 1. The van der Waals surface area contributed by atoms with E-state index in [1.165, 1.54) is 25.3 Å². The smallest absolute Gasteiger partial charge is 0.337 e. The highest BCUT2D eigenvalue weighted by Crippen LogP contribution is 2.34. The third-order valence-corrected chi connectivity index (χ3v) is 5.90. The Morgan fingerprint density at radius 1 is 1.25 bits per heavy atom. The van der Waals surface area contributed by atoms with Crippen molar-refractivity contribution in [2.45, 2.75) is 11.3 Å². The summed E-state index contributed by atoms with van der Waals surface area (Å²) in [7, 11) is -2.78. The Hall–Kier alpha value is -2.12. The van der Waals surface area contributed by atoms with Crippen LogP contribution in [-0.4, -0.2) is 28.0 Å². The van der Waals surface area contributed by atoms with Gasteiger partial charge in [0.1, 0.15) is 10.7 Å². The number of anilines is 1. The summed E-state index contributed by atoms with van der Waals surface area (Å²) in [6, 6.07) is 8.04. The quantitative estimate of drug-likeness (QED) is 0.780. The first-order chi connectivity index (χ1) is 11.3. The molecule has 1 heterocycles. The van der Waals surface area contributed by atoms with E-state index in [-0.39, 0.29) is 11.6 Å². The second-order valence-corrected chi connectivity index (χ2v) is 7.50. The Balaban J connectivity index is 2.03. The molecule has 8 heteroatoms. The van der Waals surface area contributed by atoms with Gasteiger partial charge in [0.25, 0.3) is 10.0 Å². The van der Waals surface area contributed by atoms with Crippen molar-refractivity contribution in [3.63, 3.8) is 0 Å². The molecule has 0 bridgehead atoms. The number of esters is 1. The largest absolute Gasteiger partial charge is 0.465 e. The van der Waals surface area contributed by atoms with Crippen LogP contribution < -0.4 is 4.31 Å². The zero-order chi connectivity index (χ0) is 17.5. The fourth-order valence-electron chi connectivity index (χ4n) is 2.67. The Kier molecular flexibility index (Phi) is 4.23. The van der Waals surface area contributed by atoms with Gasteiger partial charge in [-0.3, -0.25) is 4.31 Å². The Bertz CT molecular complexity index is 930. The first kappa shape index (κ1) is 16.7. The summed E-state index contributed by atoms with van der Waals surface area (Å²) in [5.74, 6) is -1.40. The van der Waals surface area contributed by atoms with Crippen LogP contribution in [0.4, 0.5) is 10.1 Å². The fourth-order valence-corrected chi connectivity index (χ4v) is 4.38. The summed E-state index contributed by atoms with van der Waals surface area (Å²) in [5, 5.41) is 0.121. The molecule has 1 aliphatic rings. The van der Waals surface area contributed by atoms with Crippen molar-refractivity contribution in [2.75, 3.05) is 18.0 Å². The van der Waals surface area contributed by atoms with E-state index in [1.807, 2.05) is 0 Å². The highest BCUT2D eigenvalue weighted by molar-refractivity contribution is 7.92. The van der Waals surface area contributed by atoms with Gasteiger partial charge in [-0.05, 0) is 48.4 Å². The van der Waals surface area contributed by atoms with Crippen LogP contribution in [-0.2, 0) is 21.2 Å². The average molecular weight is 370 g/mol. The minimum absolute atomic E-state index is 0.121. The predicted molar refractivity (Wildman–Crippen MR) is 87.4 cm³/mol. The Morgan fingerprint density at radius 2 is 2.00 bits per heavy atom. The third-order valence-electron chi connectivity index (χ3n) is 3.82. The molecular weight excluding hydrogens is 357 g/mol. The van der Waals surface area contributed by atoms with Gasteiger partial charge in [-0.1, -0.05) is 11.6 Å². The topological polar surface area (TPSA) is 63.7 Å². The van der Waals surface area contributed by atoms with Crippen molar-refractivity contribution in [3.05, 3.63) is 58.4 Å². The van der Waals surface area contributed by atoms with Crippen LogP contribution in [0.1, 0.15) is 15.9 Å². The molecule has 0 unspecified atom stereocenters. The molecule has 126 valence electrons. The molecular formula is C16H13ClFNO4S. The van der Waals surface area contributed by atoms with E-state index in [0.29, 0.717) is 23.2 Å². The molecule has 0 radical (unpaired) electrons. The summed E-state index contributed by atoms with van der Waals surface area (Å²) >= 11 is 5.68. The number of nitrogens with zero attached hydrogens (tertiary/aromatic N) is 1. The van der Waals surface area contributed by atoms with Gasteiger partial charge in [-0.2, -0.15) is 0 Å². The summed E-state index contributed by atoms with van der Waals surface area (Å²) in [6.45, 7) is 0.171. The third kappa shape index (κ3) is 2.74. The van der Waals surface area contributed by atoms with Gasteiger partial charge in [0.2, 0.25) is 0 Å². The zero-order valence-electron chi connectivity index (χ0n) is 12.6. The lowest BCUT2D eigenvalue weighted by atomic mass is 10.1. The predicted octanol–water partition coefficient (Wildman–Crippen LogP) is 3.02. The lowest BCUT2D eigenvalue weighted by Crippen LogP contribution is -2.29. The molecule has 1 aliphatic heterocycles. The zero-order valence-corrected chi connectivity index (χ0v) is 14.2. The number of sulfonamides is 1. The molecule has 0 aromatic heterocycles. The van der Waals surface area contributed by atoms with E-state index in [1.54, 1.807) is 6.07 Å². The number of halogens is 2. The van der Waals surface area contributed by atoms with E-state index in [2.05, 4.69) is 4.74 Å². The number of carbonyl (C=O) groups excluding carboxylic acids is 1. The molecule has 0 atom stereocenters.